The maximum absolute atomic E-state index is 12.8. The van der Waals surface area contributed by atoms with E-state index in [0.29, 0.717) is 36.8 Å². The van der Waals surface area contributed by atoms with E-state index in [-0.39, 0.29) is 5.69 Å². The number of carbonyl (C=O) groups excluding carboxylic acids is 2. The lowest BCUT2D eigenvalue weighted by Gasteiger charge is -2.27. The van der Waals surface area contributed by atoms with Crippen molar-refractivity contribution in [1.29, 1.82) is 0 Å². The second kappa shape index (κ2) is 7.84. The van der Waals surface area contributed by atoms with Gasteiger partial charge in [0.2, 0.25) is 5.88 Å². The number of hydrogen-bond acceptors (Lipinski definition) is 5. The van der Waals surface area contributed by atoms with Crippen LogP contribution in [0.5, 0.6) is 5.88 Å². The standard InChI is InChI=1S/C22H31N3O4/c1-22(2,3)29-21(27)25(12-14-4-5-14)24-19(26)18-11-10-17(16-8-9-16)20(23-18)28-13-15-6-7-15/h10-11,14-16H,4-9,12-13H2,1-3H3,(H,24,26). The molecule has 7 heteroatoms. The number of pyridine rings is 1. The van der Waals surface area contributed by atoms with E-state index >= 15 is 0 Å². The van der Waals surface area contributed by atoms with Crippen LogP contribution in [0.4, 0.5) is 4.79 Å². The molecule has 1 heterocycles. The number of amides is 2. The average molecular weight is 402 g/mol. The van der Waals surface area contributed by atoms with Crippen LogP contribution in [0.2, 0.25) is 0 Å². The molecule has 4 rings (SSSR count). The minimum absolute atomic E-state index is 0.254. The van der Waals surface area contributed by atoms with Gasteiger partial charge in [0.1, 0.15) is 11.3 Å². The smallest absolute Gasteiger partial charge is 0.429 e. The van der Waals surface area contributed by atoms with E-state index in [1.807, 2.05) is 26.8 Å². The second-order valence-electron chi connectivity index (χ2n) is 9.59. The highest BCUT2D eigenvalue weighted by Gasteiger charge is 2.32. The molecule has 0 spiro atoms. The molecule has 1 aromatic heterocycles. The summed E-state index contributed by atoms with van der Waals surface area (Å²) < 4.78 is 11.4. The van der Waals surface area contributed by atoms with Crippen LogP contribution in [0.1, 0.15) is 81.3 Å². The highest BCUT2D eigenvalue weighted by Crippen LogP contribution is 2.44. The molecule has 3 fully saturated rings. The van der Waals surface area contributed by atoms with E-state index in [0.717, 1.165) is 31.2 Å². The largest absolute Gasteiger partial charge is 0.477 e. The first-order valence-corrected chi connectivity index (χ1v) is 10.7. The van der Waals surface area contributed by atoms with Crippen molar-refractivity contribution in [2.75, 3.05) is 13.2 Å². The summed E-state index contributed by atoms with van der Waals surface area (Å²) in [5, 5.41) is 1.28. The Labute approximate surface area is 172 Å². The Bertz CT molecular complexity index is 777. The lowest BCUT2D eigenvalue weighted by atomic mass is 10.1. The summed E-state index contributed by atoms with van der Waals surface area (Å²) in [4.78, 5) is 29.9. The maximum atomic E-state index is 12.8. The van der Waals surface area contributed by atoms with Crippen molar-refractivity contribution < 1.29 is 19.1 Å². The zero-order valence-electron chi connectivity index (χ0n) is 17.6. The van der Waals surface area contributed by atoms with Gasteiger partial charge in [-0.15, -0.1) is 0 Å². The number of hydrazine groups is 1. The quantitative estimate of drug-likeness (QED) is 0.698. The molecule has 1 aromatic rings. The molecule has 0 bridgehead atoms. The van der Waals surface area contributed by atoms with Crippen molar-refractivity contribution in [1.82, 2.24) is 15.4 Å². The Morgan fingerprint density at radius 2 is 1.79 bits per heavy atom. The zero-order chi connectivity index (χ0) is 20.6. The van der Waals surface area contributed by atoms with E-state index in [9.17, 15) is 9.59 Å². The first-order chi connectivity index (χ1) is 13.8. The second-order valence-corrected chi connectivity index (χ2v) is 9.59. The predicted molar refractivity (Wildman–Crippen MR) is 108 cm³/mol. The third-order valence-corrected chi connectivity index (χ3v) is 5.28. The molecule has 0 radical (unpaired) electrons. The van der Waals surface area contributed by atoms with Crippen LogP contribution < -0.4 is 10.2 Å². The van der Waals surface area contributed by atoms with Crippen LogP contribution in [-0.4, -0.2) is 40.7 Å². The summed E-state index contributed by atoms with van der Waals surface area (Å²) in [5.74, 6) is 1.66. The number of aromatic nitrogens is 1. The Morgan fingerprint density at radius 3 is 2.38 bits per heavy atom. The fourth-order valence-electron chi connectivity index (χ4n) is 3.10. The fraction of sp³-hybridized carbons (Fsp3) is 0.682. The summed E-state index contributed by atoms with van der Waals surface area (Å²) in [7, 11) is 0. The van der Waals surface area contributed by atoms with Crippen molar-refractivity contribution >= 4 is 12.0 Å². The number of carbonyl (C=O) groups is 2. The summed E-state index contributed by atoms with van der Waals surface area (Å²) in [5.41, 5.74) is 3.41. The predicted octanol–water partition coefficient (Wildman–Crippen LogP) is 4.04. The number of nitrogens with one attached hydrogen (secondary N) is 1. The summed E-state index contributed by atoms with van der Waals surface area (Å²) in [6, 6.07) is 3.66. The molecular weight excluding hydrogens is 370 g/mol. The van der Waals surface area contributed by atoms with E-state index in [2.05, 4.69) is 10.4 Å². The molecule has 0 aliphatic heterocycles. The van der Waals surface area contributed by atoms with Gasteiger partial charge in [0.05, 0.1) is 6.61 Å². The molecule has 0 atom stereocenters. The molecule has 3 aliphatic carbocycles. The van der Waals surface area contributed by atoms with Gasteiger partial charge in [-0.05, 0) is 83.1 Å². The third-order valence-electron chi connectivity index (χ3n) is 5.28. The molecule has 7 nitrogen and oxygen atoms in total. The first kappa shape index (κ1) is 20.0. The van der Waals surface area contributed by atoms with Gasteiger partial charge in [-0.2, -0.15) is 0 Å². The average Bonchev–Trinajstić information content (AvgIpc) is 3.51. The van der Waals surface area contributed by atoms with Crippen molar-refractivity contribution in [2.45, 2.75) is 70.8 Å². The van der Waals surface area contributed by atoms with Gasteiger partial charge in [0.15, 0.2) is 0 Å². The van der Waals surface area contributed by atoms with Gasteiger partial charge in [0.25, 0.3) is 5.91 Å². The molecule has 0 saturated heterocycles. The number of ether oxygens (including phenoxy) is 2. The van der Waals surface area contributed by atoms with Gasteiger partial charge < -0.3 is 9.47 Å². The minimum atomic E-state index is -0.627. The van der Waals surface area contributed by atoms with Crippen molar-refractivity contribution in [3.05, 3.63) is 23.4 Å². The molecule has 29 heavy (non-hydrogen) atoms. The van der Waals surface area contributed by atoms with Gasteiger partial charge in [-0.25, -0.2) is 14.8 Å². The van der Waals surface area contributed by atoms with Crippen LogP contribution in [0, 0.1) is 11.8 Å². The van der Waals surface area contributed by atoms with E-state index < -0.39 is 17.6 Å². The molecule has 158 valence electrons. The summed E-state index contributed by atoms with van der Waals surface area (Å²) in [6.45, 7) is 6.53. The van der Waals surface area contributed by atoms with Crippen LogP contribution in [0.25, 0.3) is 0 Å². The number of hydrogen-bond donors (Lipinski definition) is 1. The summed E-state index contributed by atoms with van der Waals surface area (Å²) in [6.07, 6.45) is 6.25. The van der Waals surface area contributed by atoms with E-state index in [1.54, 1.807) is 6.07 Å². The Balaban J connectivity index is 1.46. The van der Waals surface area contributed by atoms with Crippen LogP contribution in [0.3, 0.4) is 0 Å². The highest BCUT2D eigenvalue weighted by atomic mass is 16.6. The molecule has 2 amide bonds. The van der Waals surface area contributed by atoms with Gasteiger partial charge in [-0.1, -0.05) is 6.07 Å². The molecule has 0 unspecified atom stereocenters. The highest BCUT2D eigenvalue weighted by molar-refractivity contribution is 5.93. The van der Waals surface area contributed by atoms with Crippen molar-refractivity contribution in [3.63, 3.8) is 0 Å². The number of nitrogens with zero attached hydrogens (tertiary/aromatic N) is 2. The normalized spacial score (nSPS) is 18.9. The Morgan fingerprint density at radius 1 is 1.10 bits per heavy atom. The molecule has 1 N–H and O–H groups in total. The van der Waals surface area contributed by atoms with Gasteiger partial charge >= 0.3 is 6.09 Å². The van der Waals surface area contributed by atoms with Crippen molar-refractivity contribution in [3.8, 4) is 5.88 Å². The fourth-order valence-corrected chi connectivity index (χ4v) is 3.10. The third kappa shape index (κ3) is 5.84. The van der Waals surface area contributed by atoms with Crippen LogP contribution in [-0.2, 0) is 4.74 Å². The Kier molecular flexibility index (Phi) is 5.40. The lowest BCUT2D eigenvalue weighted by Crippen LogP contribution is -2.49. The summed E-state index contributed by atoms with van der Waals surface area (Å²) >= 11 is 0. The zero-order valence-corrected chi connectivity index (χ0v) is 17.6. The number of rotatable bonds is 7. The van der Waals surface area contributed by atoms with Crippen LogP contribution in [0.15, 0.2) is 12.1 Å². The maximum Gasteiger partial charge on any atom is 0.429 e. The SMILES string of the molecule is CC(C)(C)OC(=O)N(CC1CC1)NC(=O)c1ccc(C2CC2)c(OCC2CC2)n1. The lowest BCUT2D eigenvalue weighted by molar-refractivity contribution is 0.0121. The minimum Gasteiger partial charge on any atom is -0.477 e. The van der Waals surface area contributed by atoms with Crippen LogP contribution >= 0.6 is 0 Å². The van der Waals surface area contributed by atoms with Crippen molar-refractivity contribution in [2.24, 2.45) is 11.8 Å². The molecule has 0 aromatic carbocycles. The first-order valence-electron chi connectivity index (χ1n) is 10.7. The monoisotopic (exact) mass is 401 g/mol. The van der Waals surface area contributed by atoms with Gasteiger partial charge in [-0.3, -0.25) is 10.2 Å². The van der Waals surface area contributed by atoms with Gasteiger partial charge in [0, 0.05) is 12.1 Å². The molecule has 3 saturated carbocycles. The topological polar surface area (TPSA) is 80.8 Å². The van der Waals surface area contributed by atoms with E-state index in [4.69, 9.17) is 9.47 Å². The Hall–Kier alpha value is -2.31. The molecule has 3 aliphatic rings. The molecular formula is C22H31N3O4. The van der Waals surface area contributed by atoms with E-state index in [1.165, 1.54) is 17.9 Å².